The maximum Gasteiger partial charge on any atom is 0.326 e. The van der Waals surface area contributed by atoms with Gasteiger partial charge in [-0.1, -0.05) is 12.1 Å². The Morgan fingerprint density at radius 1 is 1.08 bits per heavy atom. The van der Waals surface area contributed by atoms with E-state index in [1.54, 1.807) is 30.3 Å². The highest BCUT2D eigenvalue weighted by Gasteiger charge is 2.16. The van der Waals surface area contributed by atoms with Crippen LogP contribution in [0.2, 0.25) is 0 Å². The molecule has 6 nitrogen and oxygen atoms in total. The van der Waals surface area contributed by atoms with Crippen molar-refractivity contribution in [3.05, 3.63) is 54.1 Å². The fraction of sp³-hybridized carbons (Fsp3) is 0.235. The Morgan fingerprint density at radius 2 is 1.79 bits per heavy atom. The predicted molar refractivity (Wildman–Crippen MR) is 89.6 cm³/mol. The highest BCUT2D eigenvalue weighted by atomic mass is 32.2. The molecule has 0 aliphatic heterocycles. The van der Waals surface area contributed by atoms with Crippen molar-refractivity contribution in [3.63, 3.8) is 0 Å². The number of ether oxygens (including phenoxy) is 2. The third-order valence-corrected chi connectivity index (χ3v) is 4.49. The van der Waals surface area contributed by atoms with Gasteiger partial charge in [-0.15, -0.1) is 0 Å². The third kappa shape index (κ3) is 5.07. The zero-order valence-electron chi connectivity index (χ0n) is 13.5. The molecular formula is C17H19NO5S. The Morgan fingerprint density at radius 3 is 2.42 bits per heavy atom. The quantitative estimate of drug-likeness (QED) is 0.613. The predicted octanol–water partition coefficient (Wildman–Crippen LogP) is 2.28. The van der Waals surface area contributed by atoms with Crippen molar-refractivity contribution in [2.45, 2.75) is 18.7 Å². The summed E-state index contributed by atoms with van der Waals surface area (Å²) in [6.07, 6.45) is 0. The third-order valence-electron chi connectivity index (χ3n) is 3.07. The summed E-state index contributed by atoms with van der Waals surface area (Å²) in [6, 6.07) is 12.9. The van der Waals surface area contributed by atoms with E-state index < -0.39 is 22.5 Å². The summed E-state index contributed by atoms with van der Waals surface area (Å²) in [5, 5.41) is 0. The lowest BCUT2D eigenvalue weighted by Crippen LogP contribution is -2.31. The number of benzene rings is 2. The number of sulfonamides is 1. The van der Waals surface area contributed by atoms with Crippen molar-refractivity contribution < 1.29 is 22.7 Å². The number of aryl methyl sites for hydroxylation is 1. The fourth-order valence-corrected chi connectivity index (χ4v) is 2.93. The second-order valence-corrected chi connectivity index (χ2v) is 6.79. The van der Waals surface area contributed by atoms with E-state index in [4.69, 9.17) is 9.47 Å². The second kappa shape index (κ2) is 7.94. The van der Waals surface area contributed by atoms with Crippen LogP contribution in [0.15, 0.2) is 53.4 Å². The molecular weight excluding hydrogens is 330 g/mol. The van der Waals surface area contributed by atoms with E-state index in [0.29, 0.717) is 18.1 Å². The van der Waals surface area contributed by atoms with Crippen LogP contribution in [0.1, 0.15) is 12.5 Å². The monoisotopic (exact) mass is 349 g/mol. The molecule has 0 saturated carbocycles. The molecule has 2 aromatic rings. The summed E-state index contributed by atoms with van der Waals surface area (Å²) < 4.78 is 36.9. The number of esters is 1. The Kier molecular flexibility index (Phi) is 5.94. The SMILES string of the molecule is CCOc1ccc(S(=O)(=O)NCC(=O)Oc2cccc(C)c2)cc1. The molecule has 2 aromatic carbocycles. The number of hydrogen-bond donors (Lipinski definition) is 1. The first-order valence-corrected chi connectivity index (χ1v) is 8.89. The van der Waals surface area contributed by atoms with Gasteiger partial charge in [0.1, 0.15) is 18.0 Å². The number of carbonyl (C=O) groups excluding carboxylic acids is 1. The minimum Gasteiger partial charge on any atom is -0.494 e. The average molecular weight is 349 g/mol. The molecule has 128 valence electrons. The maximum absolute atomic E-state index is 12.2. The standard InChI is InChI=1S/C17H19NO5S/c1-3-22-14-7-9-16(10-8-14)24(20,21)18-12-17(19)23-15-6-4-5-13(2)11-15/h4-11,18H,3,12H2,1-2H3. The fourth-order valence-electron chi connectivity index (χ4n) is 1.97. The molecule has 0 aromatic heterocycles. The van der Waals surface area contributed by atoms with E-state index in [1.807, 2.05) is 19.9 Å². The van der Waals surface area contributed by atoms with Crippen LogP contribution in [0.4, 0.5) is 0 Å². The molecule has 0 spiro atoms. The van der Waals surface area contributed by atoms with Crippen molar-refractivity contribution in [2.75, 3.05) is 13.2 Å². The Bertz CT molecular complexity index is 800. The largest absolute Gasteiger partial charge is 0.494 e. The zero-order valence-corrected chi connectivity index (χ0v) is 14.3. The first-order valence-electron chi connectivity index (χ1n) is 7.40. The van der Waals surface area contributed by atoms with Crippen molar-refractivity contribution in [1.29, 1.82) is 0 Å². The Hall–Kier alpha value is -2.38. The molecule has 7 heteroatoms. The molecule has 0 unspecified atom stereocenters. The van der Waals surface area contributed by atoms with Crippen LogP contribution in [0.25, 0.3) is 0 Å². The van der Waals surface area contributed by atoms with Crippen molar-refractivity contribution in [2.24, 2.45) is 0 Å². The van der Waals surface area contributed by atoms with Gasteiger partial charge < -0.3 is 9.47 Å². The summed E-state index contributed by atoms with van der Waals surface area (Å²) in [6.45, 7) is 3.75. The first-order chi connectivity index (χ1) is 11.4. The molecule has 24 heavy (non-hydrogen) atoms. The molecule has 0 heterocycles. The number of hydrogen-bond acceptors (Lipinski definition) is 5. The molecule has 0 bridgehead atoms. The normalized spacial score (nSPS) is 11.1. The van der Waals surface area contributed by atoms with Gasteiger partial charge in [0.15, 0.2) is 0 Å². The first kappa shape index (κ1) is 18.0. The molecule has 0 saturated heterocycles. The van der Waals surface area contributed by atoms with Crippen molar-refractivity contribution >= 4 is 16.0 Å². The lowest BCUT2D eigenvalue weighted by molar-refractivity contribution is -0.133. The van der Waals surface area contributed by atoms with Gasteiger partial charge in [-0.2, -0.15) is 4.72 Å². The molecule has 0 atom stereocenters. The average Bonchev–Trinajstić information content (AvgIpc) is 2.54. The summed E-state index contributed by atoms with van der Waals surface area (Å²) >= 11 is 0. The van der Waals surface area contributed by atoms with E-state index in [1.165, 1.54) is 12.1 Å². The molecule has 2 rings (SSSR count). The summed E-state index contributed by atoms with van der Waals surface area (Å²) in [5.74, 6) is 0.269. The van der Waals surface area contributed by atoms with Gasteiger partial charge >= 0.3 is 5.97 Å². The summed E-state index contributed by atoms with van der Waals surface area (Å²) in [5.41, 5.74) is 0.940. The van der Waals surface area contributed by atoms with Gasteiger partial charge in [0, 0.05) is 0 Å². The van der Waals surface area contributed by atoms with Gasteiger partial charge in [-0.05, 0) is 55.8 Å². The van der Waals surface area contributed by atoms with Crippen LogP contribution < -0.4 is 14.2 Å². The highest BCUT2D eigenvalue weighted by molar-refractivity contribution is 7.89. The molecule has 0 radical (unpaired) electrons. The van der Waals surface area contributed by atoms with Crippen LogP contribution in [-0.2, 0) is 14.8 Å². The van der Waals surface area contributed by atoms with Gasteiger partial charge in [-0.3, -0.25) is 4.79 Å². The van der Waals surface area contributed by atoms with E-state index >= 15 is 0 Å². The van der Waals surface area contributed by atoms with Crippen LogP contribution in [0, 0.1) is 6.92 Å². The molecule has 0 amide bonds. The van der Waals surface area contributed by atoms with E-state index in [2.05, 4.69) is 4.72 Å². The lowest BCUT2D eigenvalue weighted by Gasteiger charge is -2.08. The number of nitrogens with one attached hydrogen (secondary N) is 1. The minimum atomic E-state index is -3.79. The van der Waals surface area contributed by atoms with Crippen LogP contribution in [0.3, 0.4) is 0 Å². The Labute approximate surface area is 141 Å². The van der Waals surface area contributed by atoms with E-state index in [9.17, 15) is 13.2 Å². The smallest absolute Gasteiger partial charge is 0.326 e. The minimum absolute atomic E-state index is 0.0503. The van der Waals surface area contributed by atoms with Crippen LogP contribution in [0.5, 0.6) is 11.5 Å². The molecule has 0 aliphatic rings. The topological polar surface area (TPSA) is 81.7 Å². The van der Waals surface area contributed by atoms with Gasteiger partial charge in [-0.25, -0.2) is 8.42 Å². The molecule has 0 aliphatic carbocycles. The van der Waals surface area contributed by atoms with Gasteiger partial charge in [0.05, 0.1) is 11.5 Å². The maximum atomic E-state index is 12.2. The zero-order chi connectivity index (χ0) is 17.6. The summed E-state index contributed by atoms with van der Waals surface area (Å²) in [7, 11) is -3.79. The number of rotatable bonds is 7. The highest BCUT2D eigenvalue weighted by Crippen LogP contribution is 2.16. The lowest BCUT2D eigenvalue weighted by atomic mass is 10.2. The van der Waals surface area contributed by atoms with Gasteiger partial charge in [0.25, 0.3) is 0 Å². The molecule has 1 N–H and O–H groups in total. The van der Waals surface area contributed by atoms with Crippen molar-refractivity contribution in [1.82, 2.24) is 4.72 Å². The molecule has 0 fully saturated rings. The van der Waals surface area contributed by atoms with Crippen LogP contribution in [-0.4, -0.2) is 27.5 Å². The summed E-state index contributed by atoms with van der Waals surface area (Å²) in [4.78, 5) is 11.8. The van der Waals surface area contributed by atoms with E-state index in [0.717, 1.165) is 5.56 Å². The van der Waals surface area contributed by atoms with E-state index in [-0.39, 0.29) is 4.90 Å². The Balaban J connectivity index is 1.95. The number of carbonyl (C=O) groups is 1. The van der Waals surface area contributed by atoms with Crippen molar-refractivity contribution in [3.8, 4) is 11.5 Å². The van der Waals surface area contributed by atoms with Gasteiger partial charge in [0.2, 0.25) is 10.0 Å². The second-order valence-electron chi connectivity index (χ2n) is 5.02. The van der Waals surface area contributed by atoms with Crippen LogP contribution >= 0.6 is 0 Å².